The standard InChI is InChI=1S/C16H17ClN4O3/c1-9-18-15(20-24-9)13-3-2-5-21(13)16(22)19-12-8-11(17)7-10-4-6-23-14(10)12/h7-8,13H,2-6H2,1H3,(H,19,22)/t13-/m1/s1. The van der Waals surface area contributed by atoms with E-state index in [4.69, 9.17) is 20.9 Å². The van der Waals surface area contributed by atoms with Gasteiger partial charge in [0, 0.05) is 30.5 Å². The van der Waals surface area contributed by atoms with E-state index in [1.807, 2.05) is 6.07 Å². The molecule has 126 valence electrons. The average Bonchev–Trinajstić information content (AvgIpc) is 3.25. The Labute approximate surface area is 143 Å². The molecule has 2 amide bonds. The maximum atomic E-state index is 12.7. The van der Waals surface area contributed by atoms with Crippen molar-refractivity contribution in [2.24, 2.45) is 0 Å². The van der Waals surface area contributed by atoms with Crippen molar-refractivity contribution < 1.29 is 14.1 Å². The number of amides is 2. The number of anilines is 1. The molecule has 3 heterocycles. The SMILES string of the molecule is Cc1nc([C@H]2CCCN2C(=O)Nc2cc(Cl)cc3c2OCC3)no1. The zero-order valence-corrected chi connectivity index (χ0v) is 14.0. The van der Waals surface area contributed by atoms with E-state index >= 15 is 0 Å². The number of hydrogen-bond acceptors (Lipinski definition) is 5. The lowest BCUT2D eigenvalue weighted by Gasteiger charge is -2.23. The maximum Gasteiger partial charge on any atom is 0.322 e. The number of fused-ring (bicyclic) bond motifs is 1. The molecule has 1 aromatic carbocycles. The van der Waals surface area contributed by atoms with E-state index in [2.05, 4.69) is 15.5 Å². The van der Waals surface area contributed by atoms with Gasteiger partial charge in [0.15, 0.2) is 5.82 Å². The van der Waals surface area contributed by atoms with Crippen molar-refractivity contribution in [1.82, 2.24) is 15.0 Å². The van der Waals surface area contributed by atoms with Gasteiger partial charge in [0.1, 0.15) is 5.75 Å². The molecule has 1 saturated heterocycles. The van der Waals surface area contributed by atoms with Gasteiger partial charge in [-0.1, -0.05) is 16.8 Å². The minimum Gasteiger partial charge on any atom is -0.491 e. The lowest BCUT2D eigenvalue weighted by Crippen LogP contribution is -2.35. The number of aromatic nitrogens is 2. The Morgan fingerprint density at radius 3 is 3.12 bits per heavy atom. The fourth-order valence-corrected chi connectivity index (χ4v) is 3.52. The number of carbonyl (C=O) groups excluding carboxylic acids is 1. The summed E-state index contributed by atoms with van der Waals surface area (Å²) in [4.78, 5) is 18.7. The number of likely N-dealkylation sites (tertiary alicyclic amines) is 1. The van der Waals surface area contributed by atoms with E-state index in [0.29, 0.717) is 41.3 Å². The van der Waals surface area contributed by atoms with Crippen molar-refractivity contribution in [3.63, 3.8) is 0 Å². The van der Waals surface area contributed by atoms with Crippen LogP contribution in [-0.2, 0) is 6.42 Å². The van der Waals surface area contributed by atoms with Gasteiger partial charge in [-0.25, -0.2) is 4.79 Å². The van der Waals surface area contributed by atoms with E-state index in [9.17, 15) is 4.79 Å². The summed E-state index contributed by atoms with van der Waals surface area (Å²) in [5, 5.41) is 7.46. The largest absolute Gasteiger partial charge is 0.491 e. The number of aryl methyl sites for hydroxylation is 1. The Balaban J connectivity index is 1.56. The van der Waals surface area contributed by atoms with Crippen molar-refractivity contribution in [3.8, 4) is 5.75 Å². The third-order valence-corrected chi connectivity index (χ3v) is 4.56. The van der Waals surface area contributed by atoms with Gasteiger partial charge < -0.3 is 19.5 Å². The first-order chi connectivity index (χ1) is 11.6. The third-order valence-electron chi connectivity index (χ3n) is 4.35. The van der Waals surface area contributed by atoms with Crippen molar-refractivity contribution in [1.29, 1.82) is 0 Å². The molecule has 0 bridgehead atoms. The molecule has 4 rings (SSSR count). The summed E-state index contributed by atoms with van der Waals surface area (Å²) in [7, 11) is 0. The molecule has 0 spiro atoms. The van der Waals surface area contributed by atoms with Crippen molar-refractivity contribution in [2.75, 3.05) is 18.5 Å². The summed E-state index contributed by atoms with van der Waals surface area (Å²) in [6.45, 7) is 2.99. The Hall–Kier alpha value is -2.28. The third kappa shape index (κ3) is 2.69. The van der Waals surface area contributed by atoms with Gasteiger partial charge in [-0.2, -0.15) is 4.98 Å². The van der Waals surface area contributed by atoms with Crippen LogP contribution in [0.25, 0.3) is 0 Å². The molecule has 1 aromatic heterocycles. The second-order valence-electron chi connectivity index (χ2n) is 5.99. The van der Waals surface area contributed by atoms with Gasteiger partial charge >= 0.3 is 6.03 Å². The molecule has 24 heavy (non-hydrogen) atoms. The first-order valence-corrected chi connectivity index (χ1v) is 8.32. The van der Waals surface area contributed by atoms with Gasteiger partial charge in [-0.05, 0) is 25.0 Å². The van der Waals surface area contributed by atoms with Crippen LogP contribution < -0.4 is 10.1 Å². The minimum atomic E-state index is -0.208. The van der Waals surface area contributed by atoms with Gasteiger partial charge in [0.05, 0.1) is 18.3 Å². The maximum absolute atomic E-state index is 12.7. The highest BCUT2D eigenvalue weighted by molar-refractivity contribution is 6.31. The molecule has 7 nitrogen and oxygen atoms in total. The smallest absolute Gasteiger partial charge is 0.322 e. The molecule has 2 aromatic rings. The van der Waals surface area contributed by atoms with Crippen LogP contribution in [0, 0.1) is 6.92 Å². The molecule has 0 radical (unpaired) electrons. The molecule has 0 aliphatic carbocycles. The molecule has 8 heteroatoms. The average molecular weight is 349 g/mol. The lowest BCUT2D eigenvalue weighted by atomic mass is 10.1. The first kappa shape index (κ1) is 15.3. The Kier molecular flexibility index (Phi) is 3.80. The van der Waals surface area contributed by atoms with E-state index in [1.54, 1.807) is 17.9 Å². The van der Waals surface area contributed by atoms with Crippen molar-refractivity contribution in [2.45, 2.75) is 32.2 Å². The fourth-order valence-electron chi connectivity index (χ4n) is 3.28. The molecule has 1 fully saturated rings. The second kappa shape index (κ2) is 5.98. The topological polar surface area (TPSA) is 80.5 Å². The van der Waals surface area contributed by atoms with E-state index in [-0.39, 0.29) is 12.1 Å². The minimum absolute atomic E-state index is 0.171. The number of rotatable bonds is 2. The molecule has 0 saturated carbocycles. The summed E-state index contributed by atoms with van der Waals surface area (Å²) < 4.78 is 10.7. The summed E-state index contributed by atoms with van der Waals surface area (Å²) in [6.07, 6.45) is 2.51. The zero-order valence-electron chi connectivity index (χ0n) is 13.2. The molecular formula is C16H17ClN4O3. The summed E-state index contributed by atoms with van der Waals surface area (Å²) in [5.74, 6) is 1.75. The van der Waals surface area contributed by atoms with Crippen molar-refractivity contribution >= 4 is 23.3 Å². The van der Waals surface area contributed by atoms with Crippen LogP contribution >= 0.6 is 11.6 Å². The highest BCUT2D eigenvalue weighted by Crippen LogP contribution is 2.38. The summed E-state index contributed by atoms with van der Waals surface area (Å²) in [6, 6.07) is 3.21. The number of nitrogens with zero attached hydrogens (tertiary/aromatic N) is 3. The number of carbonyl (C=O) groups is 1. The number of benzene rings is 1. The highest BCUT2D eigenvalue weighted by atomic mass is 35.5. The first-order valence-electron chi connectivity index (χ1n) is 7.95. The number of urea groups is 1. The van der Waals surface area contributed by atoms with Gasteiger partial charge in [0.2, 0.25) is 5.89 Å². The molecule has 2 aliphatic rings. The van der Waals surface area contributed by atoms with Crippen molar-refractivity contribution in [3.05, 3.63) is 34.4 Å². The monoisotopic (exact) mass is 348 g/mol. The van der Waals surface area contributed by atoms with Gasteiger partial charge in [-0.3, -0.25) is 0 Å². The van der Waals surface area contributed by atoms with Crippen LogP contribution in [0.15, 0.2) is 16.7 Å². The Morgan fingerprint density at radius 1 is 1.46 bits per heavy atom. The fraction of sp³-hybridized carbons (Fsp3) is 0.438. The molecule has 2 aliphatic heterocycles. The zero-order chi connectivity index (χ0) is 16.7. The quantitative estimate of drug-likeness (QED) is 0.900. The highest BCUT2D eigenvalue weighted by Gasteiger charge is 2.34. The molecular weight excluding hydrogens is 332 g/mol. The summed E-state index contributed by atoms with van der Waals surface area (Å²) >= 11 is 6.15. The van der Waals surface area contributed by atoms with Crippen LogP contribution in [0.1, 0.15) is 36.2 Å². The van der Waals surface area contributed by atoms with Crippen LogP contribution in [0.3, 0.4) is 0 Å². The van der Waals surface area contributed by atoms with Gasteiger partial charge in [-0.15, -0.1) is 0 Å². The Bertz CT molecular complexity index is 792. The number of halogens is 1. The Morgan fingerprint density at radius 2 is 2.33 bits per heavy atom. The summed E-state index contributed by atoms with van der Waals surface area (Å²) in [5.41, 5.74) is 1.62. The van der Waals surface area contributed by atoms with Crippen LogP contribution in [0.2, 0.25) is 5.02 Å². The van der Waals surface area contributed by atoms with E-state index < -0.39 is 0 Å². The van der Waals surface area contributed by atoms with Crippen LogP contribution in [-0.4, -0.2) is 34.2 Å². The van der Waals surface area contributed by atoms with Crippen LogP contribution in [0.5, 0.6) is 5.75 Å². The predicted molar refractivity (Wildman–Crippen MR) is 87.4 cm³/mol. The lowest BCUT2D eigenvalue weighted by molar-refractivity contribution is 0.203. The van der Waals surface area contributed by atoms with E-state index in [1.165, 1.54) is 0 Å². The molecule has 1 atom stereocenters. The molecule has 1 N–H and O–H groups in total. The van der Waals surface area contributed by atoms with E-state index in [0.717, 1.165) is 24.8 Å². The predicted octanol–water partition coefficient (Wildman–Crippen LogP) is 3.34. The van der Waals surface area contributed by atoms with Gasteiger partial charge in [0.25, 0.3) is 0 Å². The van der Waals surface area contributed by atoms with Crippen LogP contribution in [0.4, 0.5) is 10.5 Å². The molecule has 0 unspecified atom stereocenters. The number of nitrogens with one attached hydrogen (secondary N) is 1. The number of ether oxygens (including phenoxy) is 1. The number of hydrogen-bond donors (Lipinski definition) is 1. The normalized spacial score (nSPS) is 19.2. The second-order valence-corrected chi connectivity index (χ2v) is 6.43.